The van der Waals surface area contributed by atoms with E-state index in [1.54, 1.807) is 26.4 Å². The van der Waals surface area contributed by atoms with Gasteiger partial charge in [-0.2, -0.15) is 0 Å². The van der Waals surface area contributed by atoms with E-state index in [-0.39, 0.29) is 11.6 Å². The molecule has 0 saturated carbocycles. The molecule has 4 rings (SSSR count). The molecule has 0 aliphatic carbocycles. The Balaban J connectivity index is 1.67. The highest BCUT2D eigenvalue weighted by Gasteiger charge is 2.15. The minimum absolute atomic E-state index is 0.0307. The largest absolute Gasteiger partial charge is 0.496 e. The Labute approximate surface area is 200 Å². The van der Waals surface area contributed by atoms with Gasteiger partial charge in [-0.05, 0) is 54.8 Å². The third-order valence-electron chi connectivity index (χ3n) is 5.50. The zero-order valence-corrected chi connectivity index (χ0v) is 19.5. The topological polar surface area (TPSA) is 94.6 Å². The first-order valence-electron chi connectivity index (χ1n) is 10.4. The molecule has 0 atom stereocenters. The number of hydrogen-bond acceptors (Lipinski definition) is 5. The second-order valence-corrected chi connectivity index (χ2v) is 8.21. The van der Waals surface area contributed by atoms with Gasteiger partial charge in [0.25, 0.3) is 5.69 Å². The Morgan fingerprint density at radius 1 is 1.15 bits per heavy atom. The van der Waals surface area contributed by atoms with Gasteiger partial charge < -0.3 is 14.5 Å². The molecule has 8 heteroatoms. The van der Waals surface area contributed by atoms with Crippen molar-refractivity contribution in [3.8, 4) is 16.9 Å². The number of carbonyl (C=O) groups excluding carboxylic acids is 1. The van der Waals surface area contributed by atoms with Crippen molar-refractivity contribution in [2.75, 3.05) is 12.4 Å². The summed E-state index contributed by atoms with van der Waals surface area (Å²) in [5.74, 6) is 0.208. The maximum atomic E-state index is 12.7. The number of fused-ring (bicyclic) bond motifs is 1. The van der Waals surface area contributed by atoms with Crippen molar-refractivity contribution in [1.82, 2.24) is 0 Å². The molecule has 1 aromatic heterocycles. The van der Waals surface area contributed by atoms with E-state index in [1.807, 2.05) is 37.3 Å². The van der Waals surface area contributed by atoms with Gasteiger partial charge in [0.05, 0.1) is 18.3 Å². The normalized spacial score (nSPS) is 11.5. The maximum absolute atomic E-state index is 12.7. The number of benzene rings is 3. The lowest BCUT2D eigenvalue weighted by Gasteiger charge is -2.11. The molecule has 3 aromatic carbocycles. The van der Waals surface area contributed by atoms with Crippen LogP contribution in [0.3, 0.4) is 0 Å². The van der Waals surface area contributed by atoms with E-state index in [4.69, 9.17) is 20.8 Å². The first kappa shape index (κ1) is 23.1. The summed E-state index contributed by atoms with van der Waals surface area (Å²) in [5.41, 5.74) is 4.99. The molecule has 0 unspecified atom stereocenters. The van der Waals surface area contributed by atoms with Crippen LogP contribution in [0.25, 0.3) is 27.7 Å². The lowest BCUT2D eigenvalue weighted by molar-refractivity contribution is -0.384. The van der Waals surface area contributed by atoms with Crippen LogP contribution < -0.4 is 10.1 Å². The molecule has 0 aliphatic rings. The number of carbonyl (C=O) groups is 1. The standard InChI is InChI=1S/C26H21ClN2O5/c1-15(11-26(30)28-23-9-8-19(29(31)32)10-16(23)2)20-12-21-22(17-4-6-18(27)7-5-17)14-34-25(21)13-24(20)33-3/h4-14H,1-3H3,(H,28,30)/b15-11+. The second-order valence-electron chi connectivity index (χ2n) is 7.78. The average Bonchev–Trinajstić information content (AvgIpc) is 3.22. The molecule has 0 radical (unpaired) electrons. The van der Waals surface area contributed by atoms with Gasteiger partial charge in [0, 0.05) is 51.5 Å². The number of nitrogens with zero attached hydrogens (tertiary/aromatic N) is 1. The van der Waals surface area contributed by atoms with E-state index >= 15 is 0 Å². The van der Waals surface area contributed by atoms with Crippen LogP contribution in [0, 0.1) is 17.0 Å². The predicted molar refractivity (Wildman–Crippen MR) is 133 cm³/mol. The number of nitro benzene ring substituents is 1. The van der Waals surface area contributed by atoms with E-state index in [0.717, 1.165) is 22.1 Å². The first-order chi connectivity index (χ1) is 16.3. The van der Waals surface area contributed by atoms with Crippen LogP contribution in [0.2, 0.25) is 5.02 Å². The van der Waals surface area contributed by atoms with E-state index in [9.17, 15) is 14.9 Å². The van der Waals surface area contributed by atoms with Gasteiger partial charge >= 0.3 is 0 Å². The number of furan rings is 1. The van der Waals surface area contributed by atoms with E-state index in [2.05, 4.69) is 5.32 Å². The summed E-state index contributed by atoms with van der Waals surface area (Å²) in [6.07, 6.45) is 3.15. The monoisotopic (exact) mass is 476 g/mol. The van der Waals surface area contributed by atoms with Crippen LogP contribution in [0.4, 0.5) is 11.4 Å². The van der Waals surface area contributed by atoms with Crippen LogP contribution in [0.15, 0.2) is 71.4 Å². The van der Waals surface area contributed by atoms with Gasteiger partial charge in [-0.15, -0.1) is 0 Å². The molecule has 1 N–H and O–H groups in total. The molecule has 0 saturated heterocycles. The summed E-state index contributed by atoms with van der Waals surface area (Å²) in [4.78, 5) is 23.2. The number of anilines is 1. The first-order valence-corrected chi connectivity index (χ1v) is 10.7. The molecule has 7 nitrogen and oxygen atoms in total. The molecular weight excluding hydrogens is 456 g/mol. The number of nitro groups is 1. The number of aryl methyl sites for hydroxylation is 1. The average molecular weight is 477 g/mol. The van der Waals surface area contributed by atoms with Crippen molar-refractivity contribution in [2.24, 2.45) is 0 Å². The van der Waals surface area contributed by atoms with Gasteiger partial charge in [-0.25, -0.2) is 0 Å². The van der Waals surface area contributed by atoms with Gasteiger partial charge in [-0.3, -0.25) is 14.9 Å². The van der Waals surface area contributed by atoms with Gasteiger partial charge in [0.2, 0.25) is 5.91 Å². The fraction of sp³-hybridized carbons (Fsp3) is 0.115. The third kappa shape index (κ3) is 4.65. The summed E-state index contributed by atoms with van der Waals surface area (Å²) in [6.45, 7) is 3.52. The highest BCUT2D eigenvalue weighted by molar-refractivity contribution is 6.30. The number of hydrogen-bond donors (Lipinski definition) is 1. The fourth-order valence-corrected chi connectivity index (χ4v) is 3.86. The smallest absolute Gasteiger partial charge is 0.269 e. The fourth-order valence-electron chi connectivity index (χ4n) is 3.73. The Morgan fingerprint density at radius 3 is 2.53 bits per heavy atom. The molecule has 4 aromatic rings. The lowest BCUT2D eigenvalue weighted by atomic mass is 9.99. The summed E-state index contributed by atoms with van der Waals surface area (Å²) in [5, 5.41) is 15.2. The Morgan fingerprint density at radius 2 is 1.88 bits per heavy atom. The van der Waals surface area contributed by atoms with Crippen LogP contribution in [-0.2, 0) is 4.79 Å². The minimum Gasteiger partial charge on any atom is -0.496 e. The molecule has 0 aliphatic heterocycles. The van der Waals surface area contributed by atoms with E-state index in [0.29, 0.717) is 33.2 Å². The molecule has 172 valence electrons. The molecule has 0 bridgehead atoms. The number of amides is 1. The molecule has 0 spiro atoms. The van der Waals surface area contributed by atoms with Crippen molar-refractivity contribution >= 4 is 45.4 Å². The van der Waals surface area contributed by atoms with Crippen LogP contribution in [0.5, 0.6) is 5.75 Å². The number of methoxy groups -OCH3 is 1. The van der Waals surface area contributed by atoms with Crippen molar-refractivity contribution in [3.63, 3.8) is 0 Å². The summed E-state index contributed by atoms with van der Waals surface area (Å²) in [7, 11) is 1.56. The minimum atomic E-state index is -0.473. The molecule has 1 amide bonds. The zero-order valence-electron chi connectivity index (χ0n) is 18.7. The maximum Gasteiger partial charge on any atom is 0.269 e. The quantitative estimate of drug-likeness (QED) is 0.183. The Kier molecular flexibility index (Phi) is 6.38. The third-order valence-corrected chi connectivity index (χ3v) is 5.75. The second kappa shape index (κ2) is 9.41. The van der Waals surface area contributed by atoms with Gasteiger partial charge in [-0.1, -0.05) is 23.7 Å². The predicted octanol–water partition coefficient (Wildman–Crippen LogP) is 7.02. The van der Waals surface area contributed by atoms with Crippen LogP contribution in [0.1, 0.15) is 18.1 Å². The molecule has 1 heterocycles. The van der Waals surface area contributed by atoms with Crippen molar-refractivity contribution in [2.45, 2.75) is 13.8 Å². The highest BCUT2D eigenvalue weighted by atomic mass is 35.5. The molecule has 0 fully saturated rings. The van der Waals surface area contributed by atoms with Crippen LogP contribution in [-0.4, -0.2) is 17.9 Å². The number of nitrogens with one attached hydrogen (secondary N) is 1. The van der Waals surface area contributed by atoms with Gasteiger partial charge in [0.1, 0.15) is 11.3 Å². The number of non-ortho nitro benzene ring substituents is 1. The molecule has 34 heavy (non-hydrogen) atoms. The van der Waals surface area contributed by atoms with Crippen molar-refractivity contribution in [1.29, 1.82) is 0 Å². The number of ether oxygens (including phenoxy) is 1. The summed E-state index contributed by atoms with van der Waals surface area (Å²) >= 11 is 6.02. The lowest BCUT2D eigenvalue weighted by Crippen LogP contribution is -2.10. The van der Waals surface area contributed by atoms with Gasteiger partial charge in [0.15, 0.2) is 0 Å². The number of allylic oxidation sites excluding steroid dienone is 1. The van der Waals surface area contributed by atoms with Crippen molar-refractivity contribution < 1.29 is 18.9 Å². The Bertz CT molecular complexity index is 1440. The number of rotatable bonds is 6. The van der Waals surface area contributed by atoms with Crippen molar-refractivity contribution in [3.05, 3.63) is 93.2 Å². The highest BCUT2D eigenvalue weighted by Crippen LogP contribution is 2.37. The van der Waals surface area contributed by atoms with Crippen LogP contribution >= 0.6 is 11.6 Å². The summed E-state index contributed by atoms with van der Waals surface area (Å²) in [6, 6.07) is 15.5. The Hall–Kier alpha value is -4.10. The van der Waals surface area contributed by atoms with E-state index < -0.39 is 4.92 Å². The molecular formula is C26H21ClN2O5. The van der Waals surface area contributed by atoms with E-state index in [1.165, 1.54) is 24.3 Å². The zero-order chi connectivity index (χ0) is 24.4. The summed E-state index contributed by atoms with van der Waals surface area (Å²) < 4.78 is 11.3. The SMILES string of the molecule is COc1cc2occ(-c3ccc(Cl)cc3)c2cc1/C(C)=C/C(=O)Nc1ccc([N+](=O)[O-])cc1C. The number of halogens is 1.